The number of amides is 1. The third-order valence-electron chi connectivity index (χ3n) is 5.20. The first-order chi connectivity index (χ1) is 15.4. The van der Waals surface area contributed by atoms with Crippen molar-refractivity contribution in [2.75, 3.05) is 5.32 Å². The van der Waals surface area contributed by atoms with Crippen molar-refractivity contribution in [2.24, 2.45) is 5.73 Å². The molecule has 32 heavy (non-hydrogen) atoms. The second kappa shape index (κ2) is 8.74. The van der Waals surface area contributed by atoms with Gasteiger partial charge in [-0.2, -0.15) is 0 Å². The molecule has 1 amide bonds. The first kappa shape index (κ1) is 21.4. The fourth-order valence-electron chi connectivity index (χ4n) is 3.47. The van der Waals surface area contributed by atoms with Gasteiger partial charge in [0.05, 0.1) is 11.1 Å². The summed E-state index contributed by atoms with van der Waals surface area (Å²) in [6.07, 6.45) is 1.54. The van der Waals surface area contributed by atoms with Gasteiger partial charge < -0.3 is 16.2 Å². The predicted molar refractivity (Wildman–Crippen MR) is 125 cm³/mol. The van der Waals surface area contributed by atoms with Gasteiger partial charge >= 0.3 is 0 Å². The third-order valence-corrected chi connectivity index (χ3v) is 6.11. The zero-order chi connectivity index (χ0) is 22.7. The lowest BCUT2D eigenvalue weighted by Gasteiger charge is -2.26. The molecule has 6 nitrogen and oxygen atoms in total. The highest BCUT2D eigenvalue weighted by molar-refractivity contribution is 7.17. The number of carbonyl (C=O) groups excluding carboxylic acids is 2. The first-order valence-corrected chi connectivity index (χ1v) is 10.7. The van der Waals surface area contributed by atoms with Gasteiger partial charge in [-0.25, -0.2) is 4.98 Å². The number of hydrogen-bond donors (Lipinski definition) is 3. The molecule has 1 atom stereocenters. The molecule has 4 rings (SSSR count). The van der Waals surface area contributed by atoms with Gasteiger partial charge in [0.15, 0.2) is 10.7 Å². The van der Waals surface area contributed by atoms with E-state index in [2.05, 4.69) is 10.3 Å². The van der Waals surface area contributed by atoms with Crippen LogP contribution >= 0.6 is 11.3 Å². The van der Waals surface area contributed by atoms with Crippen molar-refractivity contribution in [2.45, 2.75) is 12.5 Å². The average Bonchev–Trinajstić information content (AvgIpc) is 3.27. The van der Waals surface area contributed by atoms with Crippen LogP contribution in [0.5, 0.6) is 0 Å². The van der Waals surface area contributed by atoms with Crippen molar-refractivity contribution < 1.29 is 14.7 Å². The van der Waals surface area contributed by atoms with E-state index in [-0.39, 0.29) is 5.78 Å². The largest absolute Gasteiger partial charge is 0.372 e. The third kappa shape index (κ3) is 4.03. The van der Waals surface area contributed by atoms with Gasteiger partial charge in [-0.15, -0.1) is 0 Å². The van der Waals surface area contributed by atoms with Crippen molar-refractivity contribution in [3.63, 3.8) is 0 Å². The number of benzene rings is 3. The Morgan fingerprint density at radius 2 is 1.66 bits per heavy atom. The number of aliphatic hydroxyl groups is 1. The summed E-state index contributed by atoms with van der Waals surface area (Å²) < 4.78 is 0. The number of aryl methyl sites for hydroxylation is 1. The number of aromatic nitrogens is 1. The minimum atomic E-state index is -1.98. The summed E-state index contributed by atoms with van der Waals surface area (Å²) >= 11 is 1.23. The van der Waals surface area contributed by atoms with E-state index < -0.39 is 11.5 Å². The molecule has 1 unspecified atom stereocenters. The zero-order valence-corrected chi connectivity index (χ0v) is 18.1. The number of primary amides is 1. The molecule has 3 aromatic carbocycles. The highest BCUT2D eigenvalue weighted by Gasteiger charge is 2.38. The maximum absolute atomic E-state index is 12.8. The Morgan fingerprint density at radius 1 is 0.969 bits per heavy atom. The molecule has 0 saturated heterocycles. The molecule has 4 N–H and O–H groups in total. The standard InChI is InChI=1S/C25H21N3O3S/c1-16-8-5-6-13-20(16)22(29)21-15-27-24(32-21)28-19-12-7-11-18(14-19)25(31,23(26)30)17-9-3-2-4-10-17/h2-15,31H,1H3,(H2,26,30)(H,27,28). The normalized spacial score (nSPS) is 12.7. The fraction of sp³-hybridized carbons (Fsp3) is 0.0800. The van der Waals surface area contributed by atoms with E-state index >= 15 is 0 Å². The number of carbonyl (C=O) groups is 2. The maximum Gasteiger partial charge on any atom is 0.258 e. The summed E-state index contributed by atoms with van der Waals surface area (Å²) in [4.78, 5) is 29.9. The Bertz CT molecular complexity index is 1290. The van der Waals surface area contributed by atoms with E-state index in [1.54, 1.807) is 60.7 Å². The zero-order valence-electron chi connectivity index (χ0n) is 17.3. The molecule has 0 bridgehead atoms. The summed E-state index contributed by atoms with van der Waals surface area (Å²) in [5.41, 5.74) is 6.45. The molecule has 1 heterocycles. The van der Waals surface area contributed by atoms with Crippen LogP contribution in [0.15, 0.2) is 85.1 Å². The van der Waals surface area contributed by atoms with Gasteiger partial charge in [0.2, 0.25) is 5.78 Å². The van der Waals surface area contributed by atoms with E-state index in [1.165, 1.54) is 17.5 Å². The summed E-state index contributed by atoms with van der Waals surface area (Å²) in [6.45, 7) is 1.89. The summed E-state index contributed by atoms with van der Waals surface area (Å²) in [6, 6.07) is 22.7. The van der Waals surface area contributed by atoms with E-state index in [4.69, 9.17) is 5.73 Å². The second-order valence-corrected chi connectivity index (χ2v) is 8.35. The first-order valence-electron chi connectivity index (χ1n) is 9.91. The quantitative estimate of drug-likeness (QED) is 0.372. The SMILES string of the molecule is Cc1ccccc1C(=O)c1cnc(Nc2cccc(C(O)(C(N)=O)c3ccccc3)c2)s1. The predicted octanol–water partition coefficient (Wildman–Crippen LogP) is 4.15. The Balaban J connectivity index is 1.61. The van der Waals surface area contributed by atoms with Crippen molar-refractivity contribution in [1.29, 1.82) is 0 Å². The molecular weight excluding hydrogens is 422 g/mol. The molecule has 0 saturated carbocycles. The van der Waals surface area contributed by atoms with Gasteiger partial charge in [0.25, 0.3) is 5.91 Å². The highest BCUT2D eigenvalue weighted by Crippen LogP contribution is 2.32. The summed E-state index contributed by atoms with van der Waals surface area (Å²) in [7, 11) is 0. The molecule has 0 aliphatic carbocycles. The molecule has 160 valence electrons. The van der Waals surface area contributed by atoms with Crippen LogP contribution in [0, 0.1) is 6.92 Å². The van der Waals surface area contributed by atoms with E-state index in [1.807, 2.05) is 25.1 Å². The Kier molecular flexibility index (Phi) is 5.85. The Labute approximate surface area is 189 Å². The fourth-order valence-corrected chi connectivity index (χ4v) is 4.26. The number of anilines is 2. The number of thiazole rings is 1. The number of rotatable bonds is 7. The molecule has 0 aliphatic heterocycles. The van der Waals surface area contributed by atoms with Crippen LogP contribution < -0.4 is 11.1 Å². The lowest BCUT2D eigenvalue weighted by Crippen LogP contribution is -2.42. The van der Waals surface area contributed by atoms with Crippen LogP contribution in [0.1, 0.15) is 31.9 Å². The average molecular weight is 444 g/mol. The van der Waals surface area contributed by atoms with Crippen LogP contribution in [0.25, 0.3) is 0 Å². The monoisotopic (exact) mass is 443 g/mol. The molecule has 0 spiro atoms. The van der Waals surface area contributed by atoms with Gasteiger partial charge in [-0.3, -0.25) is 9.59 Å². The lowest BCUT2D eigenvalue weighted by atomic mass is 9.85. The minimum Gasteiger partial charge on any atom is -0.372 e. The minimum absolute atomic E-state index is 0.0884. The summed E-state index contributed by atoms with van der Waals surface area (Å²) in [5.74, 6) is -0.962. The molecule has 7 heteroatoms. The number of ketones is 1. The Morgan fingerprint density at radius 3 is 2.38 bits per heavy atom. The second-order valence-electron chi connectivity index (χ2n) is 7.32. The van der Waals surface area contributed by atoms with Crippen LogP contribution in [-0.2, 0) is 10.4 Å². The maximum atomic E-state index is 12.8. The van der Waals surface area contributed by atoms with Crippen molar-refractivity contribution in [1.82, 2.24) is 4.98 Å². The number of nitrogens with zero attached hydrogens (tertiary/aromatic N) is 1. The summed E-state index contributed by atoms with van der Waals surface area (Å²) in [5, 5.41) is 14.8. The van der Waals surface area contributed by atoms with Crippen molar-refractivity contribution in [3.05, 3.63) is 112 Å². The number of nitrogens with two attached hydrogens (primary N) is 1. The van der Waals surface area contributed by atoms with Crippen LogP contribution in [0.3, 0.4) is 0 Å². The van der Waals surface area contributed by atoms with E-state index in [0.717, 1.165) is 5.56 Å². The number of nitrogens with one attached hydrogen (secondary N) is 1. The topological polar surface area (TPSA) is 105 Å². The molecule has 0 aliphatic rings. The molecule has 1 aromatic heterocycles. The lowest BCUT2D eigenvalue weighted by molar-refractivity contribution is -0.133. The van der Waals surface area contributed by atoms with Gasteiger partial charge in [0.1, 0.15) is 0 Å². The van der Waals surface area contributed by atoms with E-state index in [0.29, 0.717) is 32.4 Å². The molecule has 0 radical (unpaired) electrons. The van der Waals surface area contributed by atoms with E-state index in [9.17, 15) is 14.7 Å². The van der Waals surface area contributed by atoms with Crippen LogP contribution in [0.2, 0.25) is 0 Å². The Hall–Kier alpha value is -3.81. The van der Waals surface area contributed by atoms with Gasteiger partial charge in [-0.1, -0.05) is 78.1 Å². The molecule has 4 aromatic rings. The highest BCUT2D eigenvalue weighted by atomic mass is 32.1. The van der Waals surface area contributed by atoms with Crippen molar-refractivity contribution >= 4 is 33.8 Å². The van der Waals surface area contributed by atoms with Gasteiger partial charge in [-0.05, 0) is 35.7 Å². The van der Waals surface area contributed by atoms with Gasteiger partial charge in [0, 0.05) is 11.3 Å². The number of hydrogen-bond acceptors (Lipinski definition) is 6. The molecular formula is C25H21N3O3S. The smallest absolute Gasteiger partial charge is 0.258 e. The van der Waals surface area contributed by atoms with Crippen LogP contribution in [-0.4, -0.2) is 21.8 Å². The van der Waals surface area contributed by atoms with Crippen LogP contribution in [0.4, 0.5) is 10.8 Å². The van der Waals surface area contributed by atoms with Crippen molar-refractivity contribution in [3.8, 4) is 0 Å². The molecule has 0 fully saturated rings.